The van der Waals surface area contributed by atoms with Gasteiger partial charge >= 0.3 is 0 Å². The van der Waals surface area contributed by atoms with Gasteiger partial charge in [0.25, 0.3) is 5.91 Å². The second kappa shape index (κ2) is 6.89. The van der Waals surface area contributed by atoms with Crippen molar-refractivity contribution in [2.75, 3.05) is 13.2 Å². The largest absolute Gasteiger partial charge is 0.396 e. The molecule has 0 heterocycles. The molecule has 1 fully saturated rings. The van der Waals surface area contributed by atoms with E-state index in [9.17, 15) is 9.90 Å². The van der Waals surface area contributed by atoms with Gasteiger partial charge in [0.15, 0.2) is 0 Å². The molecule has 1 aliphatic carbocycles. The minimum atomic E-state index is 0.00441. The Bertz CT molecular complexity index is 470. The van der Waals surface area contributed by atoms with Gasteiger partial charge in [-0.2, -0.15) is 0 Å². The van der Waals surface area contributed by atoms with Crippen molar-refractivity contribution in [3.05, 3.63) is 34.9 Å². The van der Waals surface area contributed by atoms with Crippen LogP contribution in [0.2, 0.25) is 0 Å². The van der Waals surface area contributed by atoms with Crippen LogP contribution in [-0.2, 0) is 0 Å². The molecule has 1 saturated carbocycles. The number of rotatable bonds is 4. The number of carbonyl (C=O) groups excluding carboxylic acids is 1. The topological polar surface area (TPSA) is 49.3 Å². The lowest BCUT2D eigenvalue weighted by atomic mass is 9.79. The molecule has 2 rings (SSSR count). The highest BCUT2D eigenvalue weighted by Crippen LogP contribution is 2.29. The SMILES string of the molecule is Cc1ccc(C(=O)NCC2CCCCC2CO)c(C)c1. The first-order valence-electron chi connectivity index (χ1n) is 7.58. The Morgan fingerprint density at radius 3 is 2.60 bits per heavy atom. The van der Waals surface area contributed by atoms with Crippen molar-refractivity contribution in [2.45, 2.75) is 39.5 Å². The van der Waals surface area contributed by atoms with Gasteiger partial charge < -0.3 is 10.4 Å². The van der Waals surface area contributed by atoms with E-state index in [1.807, 2.05) is 32.0 Å². The monoisotopic (exact) mass is 275 g/mol. The minimum Gasteiger partial charge on any atom is -0.396 e. The first-order chi connectivity index (χ1) is 9.61. The molecule has 2 unspecified atom stereocenters. The van der Waals surface area contributed by atoms with E-state index in [1.165, 1.54) is 18.4 Å². The van der Waals surface area contributed by atoms with Crippen LogP contribution >= 0.6 is 0 Å². The van der Waals surface area contributed by atoms with Crippen LogP contribution < -0.4 is 5.32 Å². The Morgan fingerprint density at radius 2 is 1.95 bits per heavy atom. The van der Waals surface area contributed by atoms with Crippen molar-refractivity contribution < 1.29 is 9.90 Å². The summed E-state index contributed by atoms with van der Waals surface area (Å²) in [6.07, 6.45) is 4.60. The summed E-state index contributed by atoms with van der Waals surface area (Å²) in [5.74, 6) is 0.774. The van der Waals surface area contributed by atoms with Gasteiger partial charge in [-0.1, -0.05) is 30.5 Å². The van der Waals surface area contributed by atoms with Crippen molar-refractivity contribution in [2.24, 2.45) is 11.8 Å². The van der Waals surface area contributed by atoms with Crippen LogP contribution in [0.1, 0.15) is 47.2 Å². The average molecular weight is 275 g/mol. The van der Waals surface area contributed by atoms with Crippen molar-refractivity contribution in [1.82, 2.24) is 5.32 Å². The lowest BCUT2D eigenvalue weighted by Crippen LogP contribution is -2.35. The maximum Gasteiger partial charge on any atom is 0.251 e. The van der Waals surface area contributed by atoms with E-state index >= 15 is 0 Å². The third-order valence-corrected chi connectivity index (χ3v) is 4.45. The third-order valence-electron chi connectivity index (χ3n) is 4.45. The van der Waals surface area contributed by atoms with Crippen LogP contribution in [0.4, 0.5) is 0 Å². The maximum absolute atomic E-state index is 12.2. The van der Waals surface area contributed by atoms with Crippen molar-refractivity contribution in [3.8, 4) is 0 Å². The van der Waals surface area contributed by atoms with Gasteiger partial charge in [-0.15, -0.1) is 0 Å². The molecule has 20 heavy (non-hydrogen) atoms. The fraction of sp³-hybridized carbons (Fsp3) is 0.588. The smallest absolute Gasteiger partial charge is 0.251 e. The number of carbonyl (C=O) groups is 1. The molecule has 0 radical (unpaired) electrons. The molecule has 1 amide bonds. The van der Waals surface area contributed by atoms with Gasteiger partial charge in [-0.3, -0.25) is 4.79 Å². The summed E-state index contributed by atoms with van der Waals surface area (Å²) in [6.45, 7) is 4.92. The Balaban J connectivity index is 1.94. The Morgan fingerprint density at radius 1 is 1.25 bits per heavy atom. The first kappa shape index (κ1) is 15.0. The van der Waals surface area contributed by atoms with Gasteiger partial charge in [0, 0.05) is 18.7 Å². The zero-order valence-electron chi connectivity index (χ0n) is 12.5. The fourth-order valence-electron chi connectivity index (χ4n) is 3.18. The highest BCUT2D eigenvalue weighted by molar-refractivity contribution is 5.95. The van der Waals surface area contributed by atoms with Gasteiger partial charge in [0.05, 0.1) is 0 Å². The number of aliphatic hydroxyl groups is 1. The van der Waals surface area contributed by atoms with Crippen LogP contribution in [0.15, 0.2) is 18.2 Å². The number of hydrogen-bond donors (Lipinski definition) is 2. The lowest BCUT2D eigenvalue weighted by Gasteiger charge is -2.30. The molecular formula is C17H25NO2. The molecule has 0 spiro atoms. The molecule has 0 bridgehead atoms. The van der Waals surface area contributed by atoms with Crippen molar-refractivity contribution in [1.29, 1.82) is 0 Å². The summed E-state index contributed by atoms with van der Waals surface area (Å²) >= 11 is 0. The molecule has 2 atom stereocenters. The zero-order valence-corrected chi connectivity index (χ0v) is 12.5. The second-order valence-electron chi connectivity index (χ2n) is 6.02. The lowest BCUT2D eigenvalue weighted by molar-refractivity contribution is 0.0908. The zero-order chi connectivity index (χ0) is 14.5. The second-order valence-corrected chi connectivity index (χ2v) is 6.02. The predicted molar refractivity (Wildman–Crippen MR) is 80.8 cm³/mol. The number of benzene rings is 1. The van der Waals surface area contributed by atoms with Gasteiger partial charge in [0.2, 0.25) is 0 Å². The molecular weight excluding hydrogens is 250 g/mol. The summed E-state index contributed by atoms with van der Waals surface area (Å²) in [5.41, 5.74) is 2.95. The number of nitrogens with one attached hydrogen (secondary N) is 1. The predicted octanol–water partition coefficient (Wildman–Crippen LogP) is 2.83. The number of amides is 1. The molecule has 1 aromatic rings. The van der Waals surface area contributed by atoms with E-state index in [4.69, 9.17) is 0 Å². The average Bonchev–Trinajstić information content (AvgIpc) is 2.45. The molecule has 110 valence electrons. The fourth-order valence-corrected chi connectivity index (χ4v) is 3.18. The molecule has 0 saturated heterocycles. The van der Waals surface area contributed by atoms with Crippen LogP contribution in [0.3, 0.4) is 0 Å². The molecule has 3 heteroatoms. The summed E-state index contributed by atoms with van der Waals surface area (Å²) < 4.78 is 0. The highest BCUT2D eigenvalue weighted by Gasteiger charge is 2.24. The van der Waals surface area contributed by atoms with E-state index in [2.05, 4.69) is 5.32 Å². The van der Waals surface area contributed by atoms with E-state index < -0.39 is 0 Å². The highest BCUT2D eigenvalue weighted by atomic mass is 16.3. The Labute approximate surface area is 121 Å². The first-order valence-corrected chi connectivity index (χ1v) is 7.58. The standard InChI is InChI=1S/C17H25NO2/c1-12-7-8-16(13(2)9-12)17(20)18-10-14-5-3-4-6-15(14)11-19/h7-9,14-15,19H,3-6,10-11H2,1-2H3,(H,18,20). The summed E-state index contributed by atoms with van der Waals surface area (Å²) in [7, 11) is 0. The summed E-state index contributed by atoms with van der Waals surface area (Å²) in [4.78, 5) is 12.2. The number of aliphatic hydroxyl groups excluding tert-OH is 1. The Kier molecular flexibility index (Phi) is 5.18. The van der Waals surface area contributed by atoms with E-state index in [-0.39, 0.29) is 12.5 Å². The number of aryl methyl sites for hydroxylation is 2. The molecule has 0 aromatic heterocycles. The molecule has 1 aliphatic rings. The van der Waals surface area contributed by atoms with Crippen LogP contribution in [0, 0.1) is 25.7 Å². The maximum atomic E-state index is 12.2. The number of hydrogen-bond acceptors (Lipinski definition) is 2. The van der Waals surface area contributed by atoms with Crippen molar-refractivity contribution in [3.63, 3.8) is 0 Å². The normalized spacial score (nSPS) is 22.6. The van der Waals surface area contributed by atoms with E-state index in [1.54, 1.807) is 0 Å². The van der Waals surface area contributed by atoms with Gasteiger partial charge in [-0.05, 0) is 50.2 Å². The quantitative estimate of drug-likeness (QED) is 0.887. The third kappa shape index (κ3) is 3.60. The van der Waals surface area contributed by atoms with Crippen LogP contribution in [0.5, 0.6) is 0 Å². The van der Waals surface area contributed by atoms with Crippen LogP contribution in [-0.4, -0.2) is 24.2 Å². The van der Waals surface area contributed by atoms with Gasteiger partial charge in [-0.25, -0.2) is 0 Å². The molecule has 0 aliphatic heterocycles. The van der Waals surface area contributed by atoms with Crippen LogP contribution in [0.25, 0.3) is 0 Å². The van der Waals surface area contributed by atoms with Gasteiger partial charge in [0.1, 0.15) is 0 Å². The molecule has 2 N–H and O–H groups in total. The minimum absolute atomic E-state index is 0.00441. The van der Waals surface area contributed by atoms with E-state index in [0.29, 0.717) is 18.4 Å². The van der Waals surface area contributed by atoms with E-state index in [0.717, 1.165) is 24.0 Å². The molecule has 1 aromatic carbocycles. The molecule has 3 nitrogen and oxygen atoms in total. The summed E-state index contributed by atoms with van der Waals surface area (Å²) in [5, 5.41) is 12.4. The van der Waals surface area contributed by atoms with Crippen molar-refractivity contribution >= 4 is 5.91 Å². The summed E-state index contributed by atoms with van der Waals surface area (Å²) in [6, 6.07) is 5.90. The Hall–Kier alpha value is -1.35.